The van der Waals surface area contributed by atoms with Crippen LogP contribution in [0.4, 0.5) is 5.69 Å². The van der Waals surface area contributed by atoms with E-state index in [4.69, 9.17) is 18.0 Å². The summed E-state index contributed by atoms with van der Waals surface area (Å²) in [4.78, 5) is 0. The van der Waals surface area contributed by atoms with E-state index in [2.05, 4.69) is 15.5 Å². The molecule has 2 rings (SSSR count). The third-order valence-corrected chi connectivity index (χ3v) is 1.81. The number of aromatic nitrogens is 2. The molecule has 0 saturated heterocycles. The van der Waals surface area contributed by atoms with Crippen molar-refractivity contribution in [2.24, 2.45) is 5.73 Å². The fourth-order valence-corrected chi connectivity index (χ4v) is 1.28. The predicted molar refractivity (Wildman–Crippen MR) is 56.5 cm³/mol. The van der Waals surface area contributed by atoms with Gasteiger partial charge in [0.1, 0.15) is 0 Å². The van der Waals surface area contributed by atoms with Crippen molar-refractivity contribution in [3.63, 3.8) is 0 Å². The van der Waals surface area contributed by atoms with Crippen LogP contribution in [-0.4, -0.2) is 15.3 Å². The van der Waals surface area contributed by atoms with Gasteiger partial charge < -0.3 is 11.1 Å². The number of hydrogen-bond acceptors (Lipinski definition) is 2. The van der Waals surface area contributed by atoms with E-state index in [-0.39, 0.29) is 5.11 Å². The van der Waals surface area contributed by atoms with Crippen molar-refractivity contribution in [2.45, 2.75) is 0 Å². The van der Waals surface area contributed by atoms with Crippen LogP contribution in [0.2, 0.25) is 0 Å². The second-order valence-corrected chi connectivity index (χ2v) is 3.10. The standard InChI is InChI=1S/C8H8N4S/c9-8(13)11-6-1-2-7-5(3-6)4-10-12-7/h1-4H,(H,10,12)(H3,9,11,13). The summed E-state index contributed by atoms with van der Waals surface area (Å²) in [5.41, 5.74) is 7.21. The molecule has 0 radical (unpaired) electrons. The van der Waals surface area contributed by atoms with Gasteiger partial charge in [-0.25, -0.2) is 0 Å². The smallest absolute Gasteiger partial charge is 0.168 e. The van der Waals surface area contributed by atoms with Crippen molar-refractivity contribution < 1.29 is 0 Å². The van der Waals surface area contributed by atoms with Crippen LogP contribution in [0.15, 0.2) is 24.4 Å². The first-order valence-electron chi connectivity index (χ1n) is 3.75. The topological polar surface area (TPSA) is 66.7 Å². The zero-order chi connectivity index (χ0) is 9.26. The number of rotatable bonds is 1. The number of anilines is 1. The van der Waals surface area contributed by atoms with Gasteiger partial charge >= 0.3 is 0 Å². The summed E-state index contributed by atoms with van der Waals surface area (Å²) in [5, 5.41) is 10.9. The van der Waals surface area contributed by atoms with Crippen molar-refractivity contribution >= 4 is 33.9 Å². The highest BCUT2D eigenvalue weighted by Gasteiger charge is 1.97. The highest BCUT2D eigenvalue weighted by molar-refractivity contribution is 7.80. The molecule has 2 aromatic rings. The van der Waals surface area contributed by atoms with E-state index in [0.29, 0.717) is 0 Å². The van der Waals surface area contributed by atoms with Crippen LogP contribution in [0, 0.1) is 0 Å². The fourth-order valence-electron chi connectivity index (χ4n) is 1.16. The zero-order valence-electron chi connectivity index (χ0n) is 6.74. The molecule has 0 unspecified atom stereocenters. The molecule has 66 valence electrons. The average molecular weight is 192 g/mol. The Labute approximate surface area is 80.1 Å². The molecule has 1 heterocycles. The molecule has 0 aliphatic heterocycles. The van der Waals surface area contributed by atoms with Crippen molar-refractivity contribution in [1.82, 2.24) is 10.2 Å². The van der Waals surface area contributed by atoms with Crippen LogP contribution in [-0.2, 0) is 0 Å². The number of H-pyrrole nitrogens is 1. The van der Waals surface area contributed by atoms with Crippen molar-refractivity contribution in [2.75, 3.05) is 5.32 Å². The van der Waals surface area contributed by atoms with Gasteiger partial charge in [0.15, 0.2) is 5.11 Å². The van der Waals surface area contributed by atoms with Crippen LogP contribution < -0.4 is 11.1 Å². The molecule has 0 aliphatic carbocycles. The van der Waals surface area contributed by atoms with E-state index in [1.165, 1.54) is 0 Å². The highest BCUT2D eigenvalue weighted by Crippen LogP contribution is 2.16. The number of nitrogens with two attached hydrogens (primary N) is 1. The SMILES string of the molecule is NC(=S)Nc1ccc2[nH]ncc2c1. The second-order valence-electron chi connectivity index (χ2n) is 2.66. The van der Waals surface area contributed by atoms with Crippen LogP contribution in [0.1, 0.15) is 0 Å². The first-order chi connectivity index (χ1) is 6.25. The molecule has 0 atom stereocenters. The Morgan fingerprint density at radius 2 is 2.38 bits per heavy atom. The van der Waals surface area contributed by atoms with Crippen molar-refractivity contribution in [3.8, 4) is 0 Å². The number of benzene rings is 1. The minimum Gasteiger partial charge on any atom is -0.376 e. The summed E-state index contributed by atoms with van der Waals surface area (Å²) in [6.45, 7) is 0. The summed E-state index contributed by atoms with van der Waals surface area (Å²) in [7, 11) is 0. The molecule has 0 fully saturated rings. The van der Waals surface area contributed by atoms with Crippen LogP contribution in [0.3, 0.4) is 0 Å². The lowest BCUT2D eigenvalue weighted by molar-refractivity contribution is 1.12. The molecule has 0 spiro atoms. The lowest BCUT2D eigenvalue weighted by atomic mass is 10.2. The Morgan fingerprint density at radius 1 is 1.54 bits per heavy atom. The van der Waals surface area contributed by atoms with E-state index < -0.39 is 0 Å². The molecule has 0 amide bonds. The molecule has 5 heteroatoms. The summed E-state index contributed by atoms with van der Waals surface area (Å²) in [5.74, 6) is 0. The molecule has 0 aliphatic rings. The van der Waals surface area contributed by atoms with Gasteiger partial charge in [-0.1, -0.05) is 0 Å². The second kappa shape index (κ2) is 3.02. The molecule has 4 nitrogen and oxygen atoms in total. The van der Waals surface area contributed by atoms with E-state index in [9.17, 15) is 0 Å². The van der Waals surface area contributed by atoms with E-state index in [1.54, 1.807) is 6.20 Å². The molecule has 0 bridgehead atoms. The zero-order valence-corrected chi connectivity index (χ0v) is 7.56. The van der Waals surface area contributed by atoms with Crippen LogP contribution in [0.25, 0.3) is 10.9 Å². The molecular weight excluding hydrogens is 184 g/mol. The predicted octanol–water partition coefficient (Wildman–Crippen LogP) is 1.22. The maximum Gasteiger partial charge on any atom is 0.168 e. The molecule has 13 heavy (non-hydrogen) atoms. The maximum absolute atomic E-state index is 5.34. The van der Waals surface area contributed by atoms with Crippen LogP contribution in [0.5, 0.6) is 0 Å². The van der Waals surface area contributed by atoms with Crippen molar-refractivity contribution in [1.29, 1.82) is 0 Å². The Morgan fingerprint density at radius 3 is 3.15 bits per heavy atom. The average Bonchev–Trinajstić information content (AvgIpc) is 2.49. The first-order valence-corrected chi connectivity index (χ1v) is 4.16. The molecule has 0 saturated carbocycles. The number of nitrogens with one attached hydrogen (secondary N) is 2. The number of thiocarbonyl (C=S) groups is 1. The normalized spacial score (nSPS) is 10.2. The van der Waals surface area contributed by atoms with Gasteiger partial charge in [0.05, 0.1) is 11.7 Å². The maximum atomic E-state index is 5.34. The third kappa shape index (κ3) is 1.59. The Balaban J connectivity index is 2.42. The van der Waals surface area contributed by atoms with Gasteiger partial charge in [-0.05, 0) is 30.4 Å². The Kier molecular flexibility index (Phi) is 1.86. The summed E-state index contributed by atoms with van der Waals surface area (Å²) < 4.78 is 0. The summed E-state index contributed by atoms with van der Waals surface area (Å²) in [6, 6.07) is 5.74. The number of hydrogen-bond donors (Lipinski definition) is 3. The molecule has 1 aromatic heterocycles. The molecule has 4 N–H and O–H groups in total. The lowest BCUT2D eigenvalue weighted by Gasteiger charge is -2.02. The third-order valence-electron chi connectivity index (χ3n) is 1.71. The minimum atomic E-state index is 0.267. The molecule has 1 aromatic carbocycles. The minimum absolute atomic E-state index is 0.267. The number of aromatic amines is 1. The Hall–Kier alpha value is -1.62. The highest BCUT2D eigenvalue weighted by atomic mass is 32.1. The quantitative estimate of drug-likeness (QED) is 0.594. The molecular formula is C8H8N4S. The monoisotopic (exact) mass is 192 g/mol. The van der Waals surface area contributed by atoms with Crippen LogP contribution >= 0.6 is 12.2 Å². The van der Waals surface area contributed by atoms with E-state index >= 15 is 0 Å². The van der Waals surface area contributed by atoms with E-state index in [0.717, 1.165) is 16.6 Å². The van der Waals surface area contributed by atoms with Gasteiger partial charge in [-0.3, -0.25) is 5.10 Å². The van der Waals surface area contributed by atoms with Gasteiger partial charge in [-0.2, -0.15) is 5.10 Å². The number of nitrogens with zero attached hydrogens (tertiary/aromatic N) is 1. The largest absolute Gasteiger partial charge is 0.376 e. The fraction of sp³-hybridized carbons (Fsp3) is 0. The van der Waals surface area contributed by atoms with Gasteiger partial charge in [-0.15, -0.1) is 0 Å². The van der Waals surface area contributed by atoms with Gasteiger partial charge in [0.2, 0.25) is 0 Å². The first kappa shape index (κ1) is 8.00. The van der Waals surface area contributed by atoms with Crippen molar-refractivity contribution in [3.05, 3.63) is 24.4 Å². The summed E-state index contributed by atoms with van der Waals surface area (Å²) in [6.07, 6.45) is 1.75. The number of fused-ring (bicyclic) bond motifs is 1. The van der Waals surface area contributed by atoms with Gasteiger partial charge in [0.25, 0.3) is 0 Å². The van der Waals surface area contributed by atoms with Gasteiger partial charge in [0, 0.05) is 11.1 Å². The Bertz CT molecular complexity index is 448. The lowest BCUT2D eigenvalue weighted by Crippen LogP contribution is -2.18. The van der Waals surface area contributed by atoms with E-state index in [1.807, 2.05) is 18.2 Å². The summed E-state index contributed by atoms with van der Waals surface area (Å²) >= 11 is 4.72.